The van der Waals surface area contributed by atoms with Gasteiger partial charge < -0.3 is 10.1 Å². The fourth-order valence-electron chi connectivity index (χ4n) is 1.40. The molecule has 4 heteroatoms. The Morgan fingerprint density at radius 1 is 1.44 bits per heavy atom. The van der Waals surface area contributed by atoms with Gasteiger partial charge in [0.25, 0.3) is 0 Å². The Labute approximate surface area is 107 Å². The summed E-state index contributed by atoms with van der Waals surface area (Å²) in [6, 6.07) is 5.75. The molecule has 1 N–H and O–H groups in total. The highest BCUT2D eigenvalue weighted by atomic mass is 35.5. The number of thioether (sulfide) groups is 1. The van der Waals surface area contributed by atoms with E-state index in [0.717, 1.165) is 41.7 Å². The van der Waals surface area contributed by atoms with E-state index in [9.17, 15) is 0 Å². The lowest BCUT2D eigenvalue weighted by atomic mass is 10.2. The standard InChI is InChI=1S/C12H18ClNOS/c1-14-9-10-8-11(13)4-5-12(10)15-6-3-7-16-2/h4-5,8,14H,3,6-7,9H2,1-2H3. The summed E-state index contributed by atoms with van der Waals surface area (Å²) in [7, 11) is 1.92. The van der Waals surface area contributed by atoms with Crippen LogP contribution in [0.3, 0.4) is 0 Å². The van der Waals surface area contributed by atoms with Gasteiger partial charge in [-0.25, -0.2) is 0 Å². The Hall–Kier alpha value is -0.380. The highest BCUT2D eigenvalue weighted by Gasteiger charge is 2.03. The molecule has 1 aromatic rings. The fourth-order valence-corrected chi connectivity index (χ4v) is 2.00. The van der Waals surface area contributed by atoms with Crippen molar-refractivity contribution < 1.29 is 4.74 Å². The van der Waals surface area contributed by atoms with Crippen molar-refractivity contribution in [2.45, 2.75) is 13.0 Å². The monoisotopic (exact) mass is 259 g/mol. The van der Waals surface area contributed by atoms with E-state index in [1.165, 1.54) is 0 Å². The molecule has 16 heavy (non-hydrogen) atoms. The van der Waals surface area contributed by atoms with Crippen LogP contribution in [-0.2, 0) is 6.54 Å². The van der Waals surface area contributed by atoms with Gasteiger partial charge in [-0.2, -0.15) is 11.8 Å². The maximum Gasteiger partial charge on any atom is 0.123 e. The summed E-state index contributed by atoms with van der Waals surface area (Å²) in [6.45, 7) is 1.54. The van der Waals surface area contributed by atoms with Gasteiger partial charge in [0, 0.05) is 17.1 Å². The summed E-state index contributed by atoms with van der Waals surface area (Å²) in [6.07, 6.45) is 3.18. The third-order valence-electron chi connectivity index (χ3n) is 2.14. The molecule has 90 valence electrons. The van der Waals surface area contributed by atoms with Gasteiger partial charge in [0.2, 0.25) is 0 Å². The minimum absolute atomic E-state index is 0.752. The number of hydrogen-bond donors (Lipinski definition) is 1. The van der Waals surface area contributed by atoms with Crippen molar-refractivity contribution in [3.05, 3.63) is 28.8 Å². The van der Waals surface area contributed by atoms with Crippen LogP contribution in [0.15, 0.2) is 18.2 Å². The molecule has 0 unspecified atom stereocenters. The van der Waals surface area contributed by atoms with Crippen molar-refractivity contribution >= 4 is 23.4 Å². The van der Waals surface area contributed by atoms with Crippen molar-refractivity contribution in [1.29, 1.82) is 0 Å². The van der Waals surface area contributed by atoms with Crippen LogP contribution in [0.4, 0.5) is 0 Å². The Bertz CT molecular complexity index is 320. The molecule has 0 radical (unpaired) electrons. The van der Waals surface area contributed by atoms with Crippen molar-refractivity contribution in [3.8, 4) is 5.75 Å². The second-order valence-corrected chi connectivity index (χ2v) is 4.90. The minimum atomic E-state index is 0.752. The molecule has 0 aliphatic heterocycles. The number of benzene rings is 1. The summed E-state index contributed by atoms with van der Waals surface area (Å²) in [5.74, 6) is 2.06. The molecule has 0 aromatic heterocycles. The molecule has 1 aromatic carbocycles. The van der Waals surface area contributed by atoms with Gasteiger partial charge in [0.05, 0.1) is 6.61 Å². The smallest absolute Gasteiger partial charge is 0.123 e. The van der Waals surface area contributed by atoms with Gasteiger partial charge in [0.1, 0.15) is 5.75 Å². The largest absolute Gasteiger partial charge is 0.493 e. The first-order chi connectivity index (χ1) is 7.77. The van der Waals surface area contributed by atoms with Crippen molar-refractivity contribution in [2.75, 3.05) is 25.7 Å². The highest BCUT2D eigenvalue weighted by molar-refractivity contribution is 7.98. The molecule has 0 heterocycles. The highest BCUT2D eigenvalue weighted by Crippen LogP contribution is 2.23. The zero-order chi connectivity index (χ0) is 11.8. The Morgan fingerprint density at radius 2 is 2.25 bits per heavy atom. The molecule has 1 rings (SSSR count). The molecule has 0 amide bonds. The summed E-state index contributed by atoms with van der Waals surface area (Å²) >= 11 is 7.79. The number of ether oxygens (including phenoxy) is 1. The molecule has 0 aliphatic rings. The topological polar surface area (TPSA) is 21.3 Å². The first kappa shape index (κ1) is 13.7. The number of rotatable bonds is 7. The molecular formula is C12H18ClNOS. The quantitative estimate of drug-likeness (QED) is 0.760. The van der Waals surface area contributed by atoms with E-state index in [1.807, 2.05) is 37.0 Å². The average Bonchev–Trinajstić information content (AvgIpc) is 2.27. The van der Waals surface area contributed by atoms with Gasteiger partial charge in [-0.1, -0.05) is 11.6 Å². The number of halogens is 1. The van der Waals surface area contributed by atoms with Crippen LogP contribution < -0.4 is 10.1 Å². The molecule has 0 spiro atoms. The summed E-state index contributed by atoms with van der Waals surface area (Å²) < 4.78 is 5.73. The maximum absolute atomic E-state index is 5.95. The lowest BCUT2D eigenvalue weighted by Gasteiger charge is -2.11. The zero-order valence-corrected chi connectivity index (χ0v) is 11.3. The van der Waals surface area contributed by atoms with Crippen LogP contribution in [0.2, 0.25) is 5.02 Å². The van der Waals surface area contributed by atoms with Gasteiger partial charge in [-0.3, -0.25) is 0 Å². The van der Waals surface area contributed by atoms with E-state index in [0.29, 0.717) is 0 Å². The van der Waals surface area contributed by atoms with Gasteiger partial charge in [-0.15, -0.1) is 0 Å². The van der Waals surface area contributed by atoms with Crippen LogP contribution >= 0.6 is 23.4 Å². The third kappa shape index (κ3) is 4.64. The second kappa shape index (κ2) is 7.82. The third-order valence-corrected chi connectivity index (χ3v) is 3.07. The SMILES string of the molecule is CNCc1cc(Cl)ccc1OCCCSC. The Morgan fingerprint density at radius 3 is 2.94 bits per heavy atom. The molecule has 0 saturated carbocycles. The van der Waals surface area contributed by atoms with E-state index in [1.54, 1.807) is 0 Å². The van der Waals surface area contributed by atoms with Gasteiger partial charge >= 0.3 is 0 Å². The Kier molecular flexibility index (Phi) is 6.69. The van der Waals surface area contributed by atoms with E-state index in [-0.39, 0.29) is 0 Å². The van der Waals surface area contributed by atoms with E-state index < -0.39 is 0 Å². The molecule has 0 bridgehead atoms. The first-order valence-corrected chi connectivity index (χ1v) is 7.10. The predicted octanol–water partition coefficient (Wildman–Crippen LogP) is 3.19. The summed E-state index contributed by atoms with van der Waals surface area (Å²) in [4.78, 5) is 0. The van der Waals surface area contributed by atoms with Gasteiger partial charge in [-0.05, 0) is 43.7 Å². The lowest BCUT2D eigenvalue weighted by Crippen LogP contribution is -2.08. The summed E-state index contributed by atoms with van der Waals surface area (Å²) in [5, 5.41) is 3.86. The second-order valence-electron chi connectivity index (χ2n) is 3.48. The summed E-state index contributed by atoms with van der Waals surface area (Å²) in [5.41, 5.74) is 1.11. The Balaban J connectivity index is 2.56. The van der Waals surface area contributed by atoms with Crippen molar-refractivity contribution in [3.63, 3.8) is 0 Å². The molecular weight excluding hydrogens is 242 g/mol. The van der Waals surface area contributed by atoms with E-state index in [2.05, 4.69) is 11.6 Å². The zero-order valence-electron chi connectivity index (χ0n) is 9.75. The van der Waals surface area contributed by atoms with Crippen LogP contribution in [0.5, 0.6) is 5.75 Å². The van der Waals surface area contributed by atoms with Crippen molar-refractivity contribution in [1.82, 2.24) is 5.32 Å². The van der Waals surface area contributed by atoms with E-state index >= 15 is 0 Å². The normalized spacial score (nSPS) is 10.4. The van der Waals surface area contributed by atoms with E-state index in [4.69, 9.17) is 16.3 Å². The first-order valence-electron chi connectivity index (χ1n) is 5.32. The molecule has 0 atom stereocenters. The lowest BCUT2D eigenvalue weighted by molar-refractivity contribution is 0.315. The fraction of sp³-hybridized carbons (Fsp3) is 0.500. The van der Waals surface area contributed by atoms with Crippen LogP contribution in [0.1, 0.15) is 12.0 Å². The average molecular weight is 260 g/mol. The molecule has 0 fully saturated rings. The van der Waals surface area contributed by atoms with Gasteiger partial charge in [0.15, 0.2) is 0 Å². The van der Waals surface area contributed by atoms with Crippen LogP contribution in [0, 0.1) is 0 Å². The maximum atomic E-state index is 5.95. The van der Waals surface area contributed by atoms with Crippen LogP contribution in [0.25, 0.3) is 0 Å². The predicted molar refractivity (Wildman–Crippen MR) is 72.7 cm³/mol. The van der Waals surface area contributed by atoms with Crippen LogP contribution in [-0.4, -0.2) is 25.7 Å². The molecule has 0 aliphatic carbocycles. The number of hydrogen-bond acceptors (Lipinski definition) is 3. The molecule has 2 nitrogen and oxygen atoms in total. The minimum Gasteiger partial charge on any atom is -0.493 e. The van der Waals surface area contributed by atoms with Crippen molar-refractivity contribution in [2.24, 2.45) is 0 Å². The number of nitrogens with one attached hydrogen (secondary N) is 1. The molecule has 0 saturated heterocycles.